The molecule has 0 radical (unpaired) electrons. The third-order valence-electron chi connectivity index (χ3n) is 5.82. The second-order valence-electron chi connectivity index (χ2n) is 8.65. The van der Waals surface area contributed by atoms with Gasteiger partial charge in [-0.25, -0.2) is 9.97 Å². The van der Waals surface area contributed by atoms with Crippen LogP contribution >= 0.6 is 0 Å². The Labute approximate surface area is 189 Å². The fraction of sp³-hybridized carbons (Fsp3) is 0.833. The minimum atomic E-state index is -0.405. The van der Waals surface area contributed by atoms with Crippen LogP contribution in [0.5, 0.6) is 0 Å². The average molecular weight is 436 g/mol. The lowest BCUT2D eigenvalue weighted by molar-refractivity contribution is -0.383. The van der Waals surface area contributed by atoms with E-state index in [9.17, 15) is 10.1 Å². The van der Waals surface area contributed by atoms with Crippen molar-refractivity contribution in [2.24, 2.45) is 0 Å². The van der Waals surface area contributed by atoms with E-state index in [1.54, 1.807) is 0 Å². The van der Waals surface area contributed by atoms with E-state index in [0.717, 1.165) is 19.3 Å². The van der Waals surface area contributed by atoms with Crippen molar-refractivity contribution in [3.8, 4) is 0 Å². The normalized spacial score (nSPS) is 12.0. The molecule has 7 heteroatoms. The van der Waals surface area contributed by atoms with Crippen molar-refractivity contribution in [2.75, 3.05) is 17.2 Å². The van der Waals surface area contributed by atoms with Crippen LogP contribution in [-0.2, 0) is 0 Å². The van der Waals surface area contributed by atoms with E-state index in [0.29, 0.717) is 12.4 Å². The van der Waals surface area contributed by atoms with Crippen LogP contribution in [0.2, 0.25) is 0 Å². The van der Waals surface area contributed by atoms with E-state index in [1.807, 2.05) is 13.8 Å². The minimum absolute atomic E-state index is 0.0619. The Hall–Kier alpha value is -1.92. The monoisotopic (exact) mass is 435 g/mol. The van der Waals surface area contributed by atoms with Crippen molar-refractivity contribution in [3.63, 3.8) is 0 Å². The molecule has 0 aromatic carbocycles. The van der Waals surface area contributed by atoms with Crippen molar-refractivity contribution in [1.82, 2.24) is 9.97 Å². The maximum atomic E-state index is 11.5. The van der Waals surface area contributed by atoms with E-state index in [-0.39, 0.29) is 17.5 Å². The number of rotatable bonds is 20. The third kappa shape index (κ3) is 12.5. The molecule has 7 nitrogen and oxygen atoms in total. The molecule has 1 heterocycles. The molecule has 0 bridgehead atoms. The summed E-state index contributed by atoms with van der Waals surface area (Å²) in [4.78, 5) is 19.3. The molecular weight excluding hydrogens is 390 g/mol. The smallest absolute Gasteiger partial charge is 0.353 e. The van der Waals surface area contributed by atoms with Gasteiger partial charge in [0, 0.05) is 12.6 Å². The van der Waals surface area contributed by atoms with Crippen molar-refractivity contribution < 1.29 is 4.92 Å². The summed E-state index contributed by atoms with van der Waals surface area (Å²) in [5.74, 6) is 0.596. The maximum Gasteiger partial charge on any atom is 0.353 e. The van der Waals surface area contributed by atoms with Crippen molar-refractivity contribution in [1.29, 1.82) is 0 Å². The van der Waals surface area contributed by atoms with Gasteiger partial charge in [-0.05, 0) is 19.8 Å². The Balaban J connectivity index is 2.13. The minimum Gasteiger partial charge on any atom is -0.364 e. The van der Waals surface area contributed by atoms with Gasteiger partial charge < -0.3 is 10.6 Å². The van der Waals surface area contributed by atoms with E-state index >= 15 is 0 Å². The van der Waals surface area contributed by atoms with Gasteiger partial charge in [0.2, 0.25) is 11.6 Å². The summed E-state index contributed by atoms with van der Waals surface area (Å²) in [5.41, 5.74) is -0.0619. The Morgan fingerprint density at radius 3 is 1.81 bits per heavy atom. The fourth-order valence-electron chi connectivity index (χ4n) is 3.65. The van der Waals surface area contributed by atoms with Gasteiger partial charge in [-0.1, -0.05) is 97.3 Å². The largest absolute Gasteiger partial charge is 0.364 e. The molecule has 1 aromatic heterocycles. The number of nitro groups is 1. The zero-order valence-corrected chi connectivity index (χ0v) is 20.1. The van der Waals surface area contributed by atoms with Crippen molar-refractivity contribution in [2.45, 2.75) is 123 Å². The Bertz CT molecular complexity index is 597. The summed E-state index contributed by atoms with van der Waals surface area (Å²) in [7, 11) is 0. The lowest BCUT2D eigenvalue weighted by atomic mass is 10.0. The van der Waals surface area contributed by atoms with Gasteiger partial charge in [-0.2, -0.15) is 0 Å². The molecule has 0 saturated heterocycles. The number of anilines is 2. The second kappa shape index (κ2) is 17.7. The highest BCUT2D eigenvalue weighted by atomic mass is 16.6. The highest BCUT2D eigenvalue weighted by Gasteiger charge is 2.23. The molecule has 0 fully saturated rings. The number of aromatic nitrogens is 2. The average Bonchev–Trinajstić information content (AvgIpc) is 2.76. The molecule has 31 heavy (non-hydrogen) atoms. The topological polar surface area (TPSA) is 93.0 Å². The number of unbranched alkanes of at least 4 members (excludes halogenated alkanes) is 13. The lowest BCUT2D eigenvalue weighted by Gasteiger charge is -2.13. The SMILES string of the molecule is CCCCCCCCCCCCCCCCNc1ncnc(NC(C)CC)c1[N+](=O)[O-]. The molecule has 0 aliphatic carbocycles. The van der Waals surface area contributed by atoms with Crippen molar-refractivity contribution >= 4 is 17.3 Å². The molecule has 1 aromatic rings. The Morgan fingerprint density at radius 1 is 0.839 bits per heavy atom. The van der Waals surface area contributed by atoms with E-state index in [1.165, 1.54) is 83.4 Å². The molecule has 1 atom stereocenters. The molecule has 178 valence electrons. The van der Waals surface area contributed by atoms with Crippen LogP contribution in [0.25, 0.3) is 0 Å². The summed E-state index contributed by atoms with van der Waals surface area (Å²) < 4.78 is 0. The highest BCUT2D eigenvalue weighted by molar-refractivity contribution is 5.69. The van der Waals surface area contributed by atoms with Crippen molar-refractivity contribution in [3.05, 3.63) is 16.4 Å². The molecule has 0 aliphatic rings. The molecule has 0 spiro atoms. The van der Waals surface area contributed by atoms with E-state index in [4.69, 9.17) is 0 Å². The quantitative estimate of drug-likeness (QED) is 0.125. The maximum absolute atomic E-state index is 11.5. The first-order valence-corrected chi connectivity index (χ1v) is 12.6. The van der Waals surface area contributed by atoms with E-state index < -0.39 is 4.92 Å². The summed E-state index contributed by atoms with van der Waals surface area (Å²) in [6.07, 6.45) is 20.7. The van der Waals surface area contributed by atoms with Crippen LogP contribution in [0.3, 0.4) is 0 Å². The van der Waals surface area contributed by atoms with Gasteiger partial charge in [-0.15, -0.1) is 0 Å². The predicted molar refractivity (Wildman–Crippen MR) is 131 cm³/mol. The van der Waals surface area contributed by atoms with Gasteiger partial charge in [0.05, 0.1) is 4.92 Å². The molecule has 0 aliphatic heterocycles. The van der Waals surface area contributed by atoms with Crippen LogP contribution in [0, 0.1) is 10.1 Å². The molecule has 2 N–H and O–H groups in total. The van der Waals surface area contributed by atoms with Gasteiger partial charge in [0.25, 0.3) is 0 Å². The van der Waals surface area contributed by atoms with E-state index in [2.05, 4.69) is 27.5 Å². The molecular formula is C24H45N5O2. The second-order valence-corrected chi connectivity index (χ2v) is 8.65. The summed E-state index contributed by atoms with van der Waals surface area (Å²) >= 11 is 0. The van der Waals surface area contributed by atoms with Gasteiger partial charge in [0.15, 0.2) is 0 Å². The summed E-state index contributed by atoms with van der Waals surface area (Å²) in [5, 5.41) is 17.8. The third-order valence-corrected chi connectivity index (χ3v) is 5.82. The zero-order chi connectivity index (χ0) is 22.7. The first-order valence-electron chi connectivity index (χ1n) is 12.6. The standard InChI is InChI=1S/C24H45N5O2/c1-4-6-7-8-9-10-11-12-13-14-15-16-17-18-19-25-23-22(29(30)31)24(27-20-26-23)28-21(3)5-2/h20-21H,4-19H2,1-3H3,(H2,25,26,27,28). The fourth-order valence-corrected chi connectivity index (χ4v) is 3.65. The Morgan fingerprint density at radius 2 is 1.32 bits per heavy atom. The highest BCUT2D eigenvalue weighted by Crippen LogP contribution is 2.29. The number of hydrogen-bond donors (Lipinski definition) is 2. The van der Waals surface area contributed by atoms with Gasteiger partial charge in [0.1, 0.15) is 6.33 Å². The first kappa shape index (κ1) is 27.1. The van der Waals surface area contributed by atoms with Gasteiger partial charge in [-0.3, -0.25) is 10.1 Å². The summed E-state index contributed by atoms with van der Waals surface area (Å²) in [6, 6.07) is 0.118. The molecule has 1 rings (SSSR count). The van der Waals surface area contributed by atoms with Crippen LogP contribution in [0.1, 0.15) is 117 Å². The number of nitrogens with zero attached hydrogens (tertiary/aromatic N) is 3. The summed E-state index contributed by atoms with van der Waals surface area (Å²) in [6.45, 7) is 6.97. The van der Waals surface area contributed by atoms with Crippen LogP contribution in [0.15, 0.2) is 6.33 Å². The number of nitrogens with one attached hydrogen (secondary N) is 2. The van der Waals surface area contributed by atoms with Crippen LogP contribution in [-0.4, -0.2) is 27.5 Å². The van der Waals surface area contributed by atoms with Gasteiger partial charge >= 0.3 is 5.69 Å². The van der Waals surface area contributed by atoms with Crippen LogP contribution < -0.4 is 10.6 Å². The molecule has 0 amide bonds. The predicted octanol–water partition coefficient (Wildman–Crippen LogP) is 7.49. The first-order chi connectivity index (χ1) is 15.1. The Kier molecular flexibility index (Phi) is 15.5. The zero-order valence-electron chi connectivity index (χ0n) is 20.1. The number of hydrogen-bond acceptors (Lipinski definition) is 6. The van der Waals surface area contributed by atoms with Crippen LogP contribution in [0.4, 0.5) is 17.3 Å². The lowest BCUT2D eigenvalue weighted by Crippen LogP contribution is -2.17. The molecule has 0 saturated carbocycles. The molecule has 1 unspecified atom stereocenters.